The number of carbonyl (C=O) groups excluding carboxylic acids is 2. The first-order valence-electron chi connectivity index (χ1n) is 8.57. The number of thioether (sulfide) groups is 1. The van der Waals surface area contributed by atoms with Crippen LogP contribution in [-0.4, -0.2) is 41.6 Å². The Labute approximate surface area is 147 Å². The maximum atomic E-state index is 12.5. The van der Waals surface area contributed by atoms with E-state index < -0.39 is 0 Å². The minimum atomic E-state index is -0.304. The lowest BCUT2D eigenvalue weighted by atomic mass is 9.84. The van der Waals surface area contributed by atoms with Gasteiger partial charge in [0.05, 0.1) is 12.6 Å². The molecule has 1 aliphatic carbocycles. The Hall–Kier alpha value is -1.53. The zero-order chi connectivity index (χ0) is 17.1. The summed E-state index contributed by atoms with van der Waals surface area (Å²) in [6.45, 7) is 0.234. The normalized spacial score (nSPS) is 26.8. The number of rotatable bonds is 5. The first kappa shape index (κ1) is 17.3. The molecule has 1 heterocycles. The molecule has 0 spiro atoms. The highest BCUT2D eigenvalue weighted by atomic mass is 32.2. The van der Waals surface area contributed by atoms with Gasteiger partial charge in [-0.25, -0.2) is 0 Å². The Balaban J connectivity index is 1.68. The van der Waals surface area contributed by atoms with Crippen LogP contribution in [0.3, 0.4) is 0 Å². The van der Waals surface area contributed by atoms with Gasteiger partial charge < -0.3 is 11.1 Å². The van der Waals surface area contributed by atoms with Crippen LogP contribution in [0.2, 0.25) is 0 Å². The number of primary amides is 1. The Kier molecular flexibility index (Phi) is 5.46. The zero-order valence-corrected chi connectivity index (χ0v) is 14.8. The van der Waals surface area contributed by atoms with E-state index in [1.165, 1.54) is 12.8 Å². The molecule has 2 aliphatic rings. The summed E-state index contributed by atoms with van der Waals surface area (Å²) in [5.74, 6) is 0.121. The second-order valence-electron chi connectivity index (χ2n) is 6.72. The van der Waals surface area contributed by atoms with Crippen LogP contribution in [0.25, 0.3) is 0 Å². The van der Waals surface area contributed by atoms with E-state index in [1.807, 2.05) is 35.4 Å². The van der Waals surface area contributed by atoms with Gasteiger partial charge in [-0.3, -0.25) is 14.5 Å². The van der Waals surface area contributed by atoms with Crippen LogP contribution >= 0.6 is 11.8 Å². The van der Waals surface area contributed by atoms with Gasteiger partial charge in [0.25, 0.3) is 0 Å². The Bertz CT molecular complexity index is 622. The summed E-state index contributed by atoms with van der Waals surface area (Å²) >= 11 is 1.64. The summed E-state index contributed by atoms with van der Waals surface area (Å²) < 4.78 is 0. The Morgan fingerprint density at radius 3 is 2.88 bits per heavy atom. The summed E-state index contributed by atoms with van der Waals surface area (Å²) in [7, 11) is 0. The third-order valence-corrected chi connectivity index (χ3v) is 5.95. The molecule has 0 radical (unpaired) electrons. The van der Waals surface area contributed by atoms with Crippen molar-refractivity contribution in [2.75, 3.05) is 18.1 Å². The lowest BCUT2D eigenvalue weighted by Gasteiger charge is -2.32. The predicted molar refractivity (Wildman–Crippen MR) is 96.9 cm³/mol. The lowest BCUT2D eigenvalue weighted by Crippen LogP contribution is -2.48. The van der Waals surface area contributed by atoms with E-state index in [4.69, 9.17) is 5.73 Å². The van der Waals surface area contributed by atoms with E-state index in [0.29, 0.717) is 12.0 Å². The van der Waals surface area contributed by atoms with Crippen LogP contribution in [0.15, 0.2) is 29.2 Å². The van der Waals surface area contributed by atoms with Crippen LogP contribution in [0.1, 0.15) is 32.1 Å². The van der Waals surface area contributed by atoms with Gasteiger partial charge in [-0.2, -0.15) is 0 Å². The summed E-state index contributed by atoms with van der Waals surface area (Å²) in [5.41, 5.74) is 6.39. The number of likely N-dealkylation sites (tertiary alicyclic amines) is 1. The van der Waals surface area contributed by atoms with Crippen molar-refractivity contribution in [3.63, 3.8) is 0 Å². The van der Waals surface area contributed by atoms with Crippen molar-refractivity contribution in [3.05, 3.63) is 24.3 Å². The van der Waals surface area contributed by atoms with Gasteiger partial charge in [-0.05, 0) is 49.6 Å². The summed E-state index contributed by atoms with van der Waals surface area (Å²) in [4.78, 5) is 27.5. The number of carbonyl (C=O) groups is 2. The fourth-order valence-electron chi connectivity index (χ4n) is 4.13. The maximum absolute atomic E-state index is 12.5. The van der Waals surface area contributed by atoms with Crippen LogP contribution < -0.4 is 11.1 Å². The number of benzene rings is 1. The van der Waals surface area contributed by atoms with Crippen molar-refractivity contribution in [2.24, 2.45) is 11.7 Å². The summed E-state index contributed by atoms with van der Waals surface area (Å²) in [6, 6.07) is 7.80. The van der Waals surface area contributed by atoms with Gasteiger partial charge in [0, 0.05) is 16.6 Å². The smallest absolute Gasteiger partial charge is 0.238 e. The summed E-state index contributed by atoms with van der Waals surface area (Å²) in [6.07, 6.45) is 7.39. The van der Waals surface area contributed by atoms with Crippen molar-refractivity contribution in [2.45, 2.75) is 49.1 Å². The number of fused-ring (bicyclic) bond motifs is 1. The number of hydrogen-bond acceptors (Lipinski definition) is 4. The first-order chi connectivity index (χ1) is 11.6. The molecule has 1 saturated carbocycles. The minimum Gasteiger partial charge on any atom is -0.368 e. The third-order valence-electron chi connectivity index (χ3n) is 5.23. The zero-order valence-electron chi connectivity index (χ0n) is 14.0. The maximum Gasteiger partial charge on any atom is 0.238 e. The number of hydrogen-bond donors (Lipinski definition) is 2. The van der Waals surface area contributed by atoms with Gasteiger partial charge in [0.2, 0.25) is 11.8 Å². The molecule has 130 valence electrons. The molecule has 2 amide bonds. The number of nitrogens with zero attached hydrogens (tertiary/aromatic N) is 1. The highest BCUT2D eigenvalue weighted by Gasteiger charge is 2.44. The van der Waals surface area contributed by atoms with E-state index in [1.54, 1.807) is 11.8 Å². The largest absolute Gasteiger partial charge is 0.368 e. The van der Waals surface area contributed by atoms with Gasteiger partial charge in [-0.1, -0.05) is 18.9 Å². The van der Waals surface area contributed by atoms with Crippen molar-refractivity contribution >= 4 is 29.3 Å². The molecule has 1 saturated heterocycles. The van der Waals surface area contributed by atoms with E-state index in [-0.39, 0.29) is 24.4 Å². The first-order valence-corrected chi connectivity index (χ1v) is 9.80. The highest BCUT2D eigenvalue weighted by Crippen LogP contribution is 2.39. The quantitative estimate of drug-likeness (QED) is 0.802. The number of anilines is 1. The molecule has 3 atom stereocenters. The number of nitrogens with one attached hydrogen (secondary N) is 1. The van der Waals surface area contributed by atoms with Crippen LogP contribution in [-0.2, 0) is 9.59 Å². The average Bonchev–Trinajstić information content (AvgIpc) is 2.94. The molecule has 2 fully saturated rings. The van der Waals surface area contributed by atoms with Gasteiger partial charge in [-0.15, -0.1) is 11.8 Å². The SMILES string of the molecule is CSc1cccc(NC(=O)CN2C(C(N)=O)CC3CCCCC32)c1. The number of nitrogens with two attached hydrogens (primary N) is 1. The molecule has 1 aromatic carbocycles. The third kappa shape index (κ3) is 3.75. The monoisotopic (exact) mass is 347 g/mol. The Morgan fingerprint density at radius 1 is 1.33 bits per heavy atom. The molecule has 3 N–H and O–H groups in total. The molecular formula is C18H25N3O2S. The van der Waals surface area contributed by atoms with E-state index in [2.05, 4.69) is 5.32 Å². The predicted octanol–water partition coefficient (Wildman–Crippen LogP) is 2.47. The molecule has 0 bridgehead atoms. The summed E-state index contributed by atoms with van der Waals surface area (Å²) in [5, 5.41) is 2.95. The molecule has 0 aromatic heterocycles. The van der Waals surface area contributed by atoms with Gasteiger partial charge in [0.1, 0.15) is 0 Å². The number of amides is 2. The fraction of sp³-hybridized carbons (Fsp3) is 0.556. The highest BCUT2D eigenvalue weighted by molar-refractivity contribution is 7.98. The molecule has 6 heteroatoms. The fourth-order valence-corrected chi connectivity index (χ4v) is 4.59. The van der Waals surface area contributed by atoms with E-state index >= 15 is 0 Å². The molecule has 1 aromatic rings. The van der Waals surface area contributed by atoms with Gasteiger partial charge in [0.15, 0.2) is 0 Å². The van der Waals surface area contributed by atoms with Crippen molar-refractivity contribution < 1.29 is 9.59 Å². The molecule has 3 rings (SSSR count). The minimum absolute atomic E-state index is 0.0780. The van der Waals surface area contributed by atoms with E-state index in [9.17, 15) is 9.59 Å². The standard InChI is InChI=1S/C18H25N3O2S/c1-24-14-7-4-6-13(10-14)20-17(22)11-21-15-8-3-2-5-12(15)9-16(21)18(19)23/h4,6-7,10,12,15-16H,2-3,5,8-9,11H2,1H3,(H2,19,23)(H,20,22). The molecule has 3 unspecified atom stereocenters. The van der Waals surface area contributed by atoms with Crippen LogP contribution in [0, 0.1) is 5.92 Å². The van der Waals surface area contributed by atoms with Crippen molar-refractivity contribution in [3.8, 4) is 0 Å². The molecule has 24 heavy (non-hydrogen) atoms. The average molecular weight is 347 g/mol. The van der Waals surface area contributed by atoms with Crippen molar-refractivity contribution in [1.82, 2.24) is 4.90 Å². The second kappa shape index (κ2) is 7.57. The van der Waals surface area contributed by atoms with Gasteiger partial charge >= 0.3 is 0 Å². The lowest BCUT2D eigenvalue weighted by molar-refractivity contribution is -0.124. The molecule has 1 aliphatic heterocycles. The second-order valence-corrected chi connectivity index (χ2v) is 7.60. The molecule has 5 nitrogen and oxygen atoms in total. The molecular weight excluding hydrogens is 322 g/mol. The van der Waals surface area contributed by atoms with Crippen LogP contribution in [0.5, 0.6) is 0 Å². The van der Waals surface area contributed by atoms with E-state index in [0.717, 1.165) is 29.8 Å². The topological polar surface area (TPSA) is 75.4 Å². The van der Waals surface area contributed by atoms with Crippen molar-refractivity contribution in [1.29, 1.82) is 0 Å². The van der Waals surface area contributed by atoms with Crippen LogP contribution in [0.4, 0.5) is 5.69 Å². The Morgan fingerprint density at radius 2 is 2.12 bits per heavy atom.